The lowest BCUT2D eigenvalue weighted by molar-refractivity contribution is 0.448. The first-order valence-electron chi connectivity index (χ1n) is 7.92. The molecule has 4 aromatic heterocycles. The predicted octanol–water partition coefficient (Wildman–Crippen LogP) is 3.46. The van der Waals surface area contributed by atoms with E-state index in [-0.39, 0.29) is 5.88 Å². The summed E-state index contributed by atoms with van der Waals surface area (Å²) >= 11 is 0. The minimum absolute atomic E-state index is 0.111. The highest BCUT2D eigenvalue weighted by atomic mass is 19.1. The van der Waals surface area contributed by atoms with E-state index in [0.717, 1.165) is 24.0 Å². The fourth-order valence-corrected chi connectivity index (χ4v) is 2.93. The van der Waals surface area contributed by atoms with Gasteiger partial charge >= 0.3 is 0 Å². The Morgan fingerprint density at radius 1 is 1.16 bits per heavy atom. The summed E-state index contributed by atoms with van der Waals surface area (Å²) < 4.78 is 16.9. The molecule has 0 aromatic carbocycles. The summed E-state index contributed by atoms with van der Waals surface area (Å²) in [6.45, 7) is 4.63. The molecule has 25 heavy (non-hydrogen) atoms. The molecular weight excluding hydrogens is 321 g/mol. The number of nitrogens with zero attached hydrogens (tertiary/aromatic N) is 5. The van der Waals surface area contributed by atoms with Gasteiger partial charge in [0, 0.05) is 30.7 Å². The second-order valence-electron chi connectivity index (χ2n) is 5.85. The van der Waals surface area contributed by atoms with Gasteiger partial charge in [0.05, 0.1) is 34.7 Å². The van der Waals surface area contributed by atoms with Crippen LogP contribution in [0.3, 0.4) is 0 Å². The van der Waals surface area contributed by atoms with Crippen molar-refractivity contribution in [1.29, 1.82) is 0 Å². The van der Waals surface area contributed by atoms with E-state index in [9.17, 15) is 9.50 Å². The second kappa shape index (κ2) is 5.70. The van der Waals surface area contributed by atoms with Crippen LogP contribution in [0, 0.1) is 12.7 Å². The van der Waals surface area contributed by atoms with Gasteiger partial charge in [-0.3, -0.25) is 14.2 Å². The number of fused-ring (bicyclic) bond motifs is 1. The minimum Gasteiger partial charge on any atom is -0.494 e. The topological polar surface area (TPSA) is 68.8 Å². The molecule has 0 aliphatic heterocycles. The van der Waals surface area contributed by atoms with Crippen LogP contribution >= 0.6 is 0 Å². The zero-order chi connectivity index (χ0) is 17.6. The molecule has 1 N–H and O–H groups in total. The van der Waals surface area contributed by atoms with Crippen molar-refractivity contribution < 1.29 is 9.50 Å². The summed E-state index contributed by atoms with van der Waals surface area (Å²) in [5, 5.41) is 15.5. The highest BCUT2D eigenvalue weighted by Gasteiger charge is 2.16. The zero-order valence-corrected chi connectivity index (χ0v) is 13.8. The van der Waals surface area contributed by atoms with Crippen LogP contribution in [-0.4, -0.2) is 29.4 Å². The maximum atomic E-state index is 13.4. The Balaban J connectivity index is 1.89. The van der Waals surface area contributed by atoms with Gasteiger partial charge in [0.25, 0.3) is 0 Å². The molecule has 0 fully saturated rings. The molecule has 0 amide bonds. The number of aryl methyl sites for hydroxylation is 2. The third kappa shape index (κ3) is 2.53. The monoisotopic (exact) mass is 337 g/mol. The van der Waals surface area contributed by atoms with Gasteiger partial charge < -0.3 is 5.11 Å². The van der Waals surface area contributed by atoms with Crippen molar-refractivity contribution in [2.45, 2.75) is 20.4 Å². The third-order valence-electron chi connectivity index (χ3n) is 4.17. The summed E-state index contributed by atoms with van der Waals surface area (Å²) in [6, 6.07) is 3.21. The molecular formula is C18H16FN5O. The number of aromatic nitrogens is 5. The average molecular weight is 337 g/mol. The lowest BCUT2D eigenvalue weighted by Crippen LogP contribution is -1.93. The SMILES string of the molecule is CCn1cc(-n2cc3nc(-c4cncc(F)c4)cc(C)c3c2O)cn1. The van der Waals surface area contributed by atoms with E-state index in [1.54, 1.807) is 27.8 Å². The number of pyridine rings is 2. The van der Waals surface area contributed by atoms with E-state index in [1.807, 2.05) is 26.1 Å². The van der Waals surface area contributed by atoms with Gasteiger partial charge in [-0.15, -0.1) is 0 Å². The van der Waals surface area contributed by atoms with E-state index in [1.165, 1.54) is 6.07 Å². The van der Waals surface area contributed by atoms with Crippen LogP contribution in [0.15, 0.2) is 43.1 Å². The summed E-state index contributed by atoms with van der Waals surface area (Å²) in [5.41, 5.74) is 3.43. The van der Waals surface area contributed by atoms with Gasteiger partial charge in [-0.2, -0.15) is 5.10 Å². The molecule has 7 heteroatoms. The first-order chi connectivity index (χ1) is 12.1. The summed E-state index contributed by atoms with van der Waals surface area (Å²) in [7, 11) is 0. The summed E-state index contributed by atoms with van der Waals surface area (Å²) in [6.07, 6.45) is 8.02. The van der Waals surface area contributed by atoms with Crippen LogP contribution in [0.1, 0.15) is 12.5 Å². The first-order valence-corrected chi connectivity index (χ1v) is 7.92. The van der Waals surface area contributed by atoms with Gasteiger partial charge in [-0.1, -0.05) is 0 Å². The molecule has 0 aliphatic rings. The van der Waals surface area contributed by atoms with E-state index in [4.69, 9.17) is 0 Å². The van der Waals surface area contributed by atoms with Crippen molar-refractivity contribution in [3.8, 4) is 22.8 Å². The average Bonchev–Trinajstić information content (AvgIpc) is 3.19. The highest BCUT2D eigenvalue weighted by molar-refractivity contribution is 5.90. The fraction of sp³-hybridized carbons (Fsp3) is 0.167. The number of aromatic hydroxyl groups is 1. The van der Waals surface area contributed by atoms with Gasteiger partial charge in [0.2, 0.25) is 5.88 Å². The van der Waals surface area contributed by atoms with Crippen molar-refractivity contribution in [2.24, 2.45) is 0 Å². The predicted molar refractivity (Wildman–Crippen MR) is 92.1 cm³/mol. The molecule has 126 valence electrons. The van der Waals surface area contributed by atoms with Gasteiger partial charge in [-0.05, 0) is 31.5 Å². The molecule has 0 atom stereocenters. The van der Waals surface area contributed by atoms with Gasteiger partial charge in [0.15, 0.2) is 0 Å². The van der Waals surface area contributed by atoms with Gasteiger partial charge in [-0.25, -0.2) is 9.37 Å². The molecule has 0 radical (unpaired) electrons. The highest BCUT2D eigenvalue weighted by Crippen LogP contribution is 2.33. The molecule has 4 heterocycles. The van der Waals surface area contributed by atoms with Crippen molar-refractivity contribution in [1.82, 2.24) is 24.3 Å². The fourth-order valence-electron chi connectivity index (χ4n) is 2.93. The quantitative estimate of drug-likeness (QED) is 0.622. The van der Waals surface area contributed by atoms with Crippen molar-refractivity contribution in [3.63, 3.8) is 0 Å². The molecule has 0 unspecified atom stereocenters. The van der Waals surface area contributed by atoms with E-state index < -0.39 is 5.82 Å². The van der Waals surface area contributed by atoms with Crippen molar-refractivity contribution in [3.05, 3.63) is 54.5 Å². The number of rotatable bonds is 3. The maximum Gasteiger partial charge on any atom is 0.205 e. The zero-order valence-electron chi connectivity index (χ0n) is 13.8. The van der Waals surface area contributed by atoms with Crippen LogP contribution in [0.2, 0.25) is 0 Å². The van der Waals surface area contributed by atoms with E-state index >= 15 is 0 Å². The van der Waals surface area contributed by atoms with Crippen LogP contribution < -0.4 is 0 Å². The number of hydrogen-bond donors (Lipinski definition) is 1. The third-order valence-corrected chi connectivity index (χ3v) is 4.17. The Kier molecular flexibility index (Phi) is 3.49. The largest absolute Gasteiger partial charge is 0.494 e. The molecule has 4 aromatic rings. The Morgan fingerprint density at radius 2 is 2.00 bits per heavy atom. The van der Waals surface area contributed by atoms with Crippen molar-refractivity contribution >= 4 is 10.9 Å². The number of halogens is 1. The smallest absolute Gasteiger partial charge is 0.205 e. The van der Waals surface area contributed by atoms with Crippen LogP contribution in [-0.2, 0) is 6.54 Å². The summed E-state index contributed by atoms with van der Waals surface area (Å²) in [4.78, 5) is 8.44. The Hall–Kier alpha value is -3.22. The Bertz CT molecular complexity index is 1080. The molecule has 0 bridgehead atoms. The van der Waals surface area contributed by atoms with Crippen molar-refractivity contribution in [2.75, 3.05) is 0 Å². The number of hydrogen-bond acceptors (Lipinski definition) is 4. The lowest BCUT2D eigenvalue weighted by atomic mass is 10.1. The standard InChI is InChI=1S/C18H16FN5O/c1-3-23-9-14(8-21-23)24-10-16-17(18(24)25)11(2)4-15(22-16)12-5-13(19)7-20-6-12/h4-10,25H,3H2,1-2H3. The molecule has 0 saturated carbocycles. The van der Waals surface area contributed by atoms with E-state index in [0.29, 0.717) is 22.2 Å². The maximum absolute atomic E-state index is 13.4. The van der Waals surface area contributed by atoms with Crippen LogP contribution in [0.5, 0.6) is 5.88 Å². The Labute approximate surface area is 143 Å². The summed E-state index contributed by atoms with van der Waals surface area (Å²) in [5.74, 6) is -0.302. The minimum atomic E-state index is -0.413. The van der Waals surface area contributed by atoms with Crippen LogP contribution in [0.4, 0.5) is 4.39 Å². The Morgan fingerprint density at radius 3 is 2.72 bits per heavy atom. The first kappa shape index (κ1) is 15.3. The molecule has 0 spiro atoms. The van der Waals surface area contributed by atoms with Gasteiger partial charge in [0.1, 0.15) is 5.82 Å². The molecule has 0 aliphatic carbocycles. The van der Waals surface area contributed by atoms with Crippen LogP contribution in [0.25, 0.3) is 27.8 Å². The molecule has 4 rings (SSSR count). The normalized spacial score (nSPS) is 11.3. The second-order valence-corrected chi connectivity index (χ2v) is 5.85. The lowest BCUT2D eigenvalue weighted by Gasteiger charge is -2.04. The van der Waals surface area contributed by atoms with E-state index in [2.05, 4.69) is 15.1 Å². The molecule has 6 nitrogen and oxygen atoms in total. The molecule has 0 saturated heterocycles.